The van der Waals surface area contributed by atoms with E-state index in [-0.39, 0.29) is 29.9 Å². The normalized spacial score (nSPS) is 19.9. The average Bonchev–Trinajstić information content (AvgIpc) is 2.61. The maximum Gasteiger partial charge on any atom is 0.329 e. The summed E-state index contributed by atoms with van der Waals surface area (Å²) in [6.45, 7) is 5.00. The van der Waals surface area contributed by atoms with E-state index >= 15 is 0 Å². The van der Waals surface area contributed by atoms with Gasteiger partial charge in [0.25, 0.3) is 11.2 Å². The number of nitro groups is 1. The van der Waals surface area contributed by atoms with E-state index in [0.29, 0.717) is 24.5 Å². The highest BCUT2D eigenvalue weighted by atomic mass is 16.6. The van der Waals surface area contributed by atoms with Crippen LogP contribution in [0.4, 0.5) is 11.5 Å². The predicted molar refractivity (Wildman–Crippen MR) is 100 cm³/mol. The van der Waals surface area contributed by atoms with Crippen LogP contribution < -0.4 is 16.1 Å². The third-order valence-corrected chi connectivity index (χ3v) is 4.64. The van der Waals surface area contributed by atoms with Gasteiger partial charge in [-0.15, -0.1) is 0 Å². The van der Waals surface area contributed by atoms with Gasteiger partial charge in [-0.3, -0.25) is 24.5 Å². The number of nitrogens with zero attached hydrogens (tertiary/aromatic N) is 3. The second-order valence-electron chi connectivity index (χ2n) is 6.88. The first-order valence-electron chi connectivity index (χ1n) is 8.72. The quantitative estimate of drug-likeness (QED) is 0.636. The van der Waals surface area contributed by atoms with E-state index in [1.807, 2.05) is 18.7 Å². The zero-order valence-electron chi connectivity index (χ0n) is 15.5. The summed E-state index contributed by atoms with van der Waals surface area (Å²) >= 11 is 0. The highest BCUT2D eigenvalue weighted by Gasteiger charge is 2.26. The molecule has 9 nitrogen and oxygen atoms in total. The van der Waals surface area contributed by atoms with Gasteiger partial charge < -0.3 is 9.64 Å². The minimum absolute atomic E-state index is 0.0100. The Bertz CT molecular complexity index is 953. The minimum atomic E-state index is -0.478. The monoisotopic (exact) mass is 374 g/mol. The van der Waals surface area contributed by atoms with Crippen molar-refractivity contribution in [1.82, 2.24) is 9.55 Å². The van der Waals surface area contributed by atoms with Gasteiger partial charge in [0.15, 0.2) is 0 Å². The van der Waals surface area contributed by atoms with Gasteiger partial charge >= 0.3 is 5.69 Å². The highest BCUT2D eigenvalue weighted by Crippen LogP contribution is 2.22. The Balaban J connectivity index is 2.03. The number of hydrogen-bond donors (Lipinski definition) is 1. The summed E-state index contributed by atoms with van der Waals surface area (Å²) in [7, 11) is 1.43. The summed E-state index contributed by atoms with van der Waals surface area (Å²) in [4.78, 5) is 40.1. The highest BCUT2D eigenvalue weighted by molar-refractivity contribution is 5.49. The predicted octanol–water partition coefficient (Wildman–Crippen LogP) is 1.19. The lowest BCUT2D eigenvalue weighted by atomic mass is 10.1. The zero-order valence-corrected chi connectivity index (χ0v) is 15.5. The van der Waals surface area contributed by atoms with E-state index in [9.17, 15) is 19.7 Å². The smallest absolute Gasteiger partial charge is 0.329 e. The lowest BCUT2D eigenvalue weighted by Crippen LogP contribution is -2.48. The SMILES string of the molecule is C[C@H]1CN(c2[nH]c(=O)n(C)c(=O)c2Cc2ccc([N+](=O)[O-])cc2)C[C@H](C)O1. The van der Waals surface area contributed by atoms with Crippen LogP contribution >= 0.6 is 0 Å². The van der Waals surface area contributed by atoms with Gasteiger partial charge in [-0.2, -0.15) is 0 Å². The molecule has 1 fully saturated rings. The third kappa shape index (κ3) is 3.92. The van der Waals surface area contributed by atoms with Crippen molar-refractivity contribution in [2.24, 2.45) is 7.05 Å². The number of rotatable bonds is 4. The van der Waals surface area contributed by atoms with Crippen molar-refractivity contribution < 1.29 is 9.66 Å². The lowest BCUT2D eigenvalue weighted by Gasteiger charge is -2.37. The summed E-state index contributed by atoms with van der Waals surface area (Å²) in [5.74, 6) is 0.489. The average molecular weight is 374 g/mol. The van der Waals surface area contributed by atoms with Crippen molar-refractivity contribution >= 4 is 11.5 Å². The molecule has 2 atom stereocenters. The number of ether oxygens (including phenoxy) is 1. The molecule has 3 rings (SSSR count). The summed E-state index contributed by atoms with van der Waals surface area (Å²) in [5.41, 5.74) is 0.338. The Hall–Kier alpha value is -2.94. The lowest BCUT2D eigenvalue weighted by molar-refractivity contribution is -0.384. The van der Waals surface area contributed by atoms with E-state index in [4.69, 9.17) is 4.74 Å². The van der Waals surface area contributed by atoms with Gasteiger partial charge in [-0.25, -0.2) is 4.79 Å². The molecule has 0 saturated carbocycles. The van der Waals surface area contributed by atoms with Crippen molar-refractivity contribution in [2.45, 2.75) is 32.5 Å². The van der Waals surface area contributed by atoms with Gasteiger partial charge in [0.05, 0.1) is 22.7 Å². The number of aromatic amines is 1. The fourth-order valence-corrected chi connectivity index (χ4v) is 3.39. The molecule has 2 heterocycles. The number of nitrogens with one attached hydrogen (secondary N) is 1. The van der Waals surface area contributed by atoms with Crippen LogP contribution in [0.3, 0.4) is 0 Å². The van der Waals surface area contributed by atoms with E-state index < -0.39 is 10.6 Å². The summed E-state index contributed by atoms with van der Waals surface area (Å²) < 4.78 is 6.77. The molecular weight excluding hydrogens is 352 g/mol. The number of non-ortho nitro benzene ring substituents is 1. The van der Waals surface area contributed by atoms with Crippen molar-refractivity contribution in [3.8, 4) is 0 Å². The molecule has 0 aliphatic carbocycles. The second kappa shape index (κ2) is 7.36. The molecule has 0 radical (unpaired) electrons. The maximum absolute atomic E-state index is 12.8. The molecule has 0 bridgehead atoms. The third-order valence-electron chi connectivity index (χ3n) is 4.64. The number of H-pyrrole nitrogens is 1. The first kappa shape index (κ1) is 18.8. The van der Waals surface area contributed by atoms with E-state index in [1.165, 1.54) is 19.2 Å². The Labute approximate surface area is 155 Å². The van der Waals surface area contributed by atoms with Gasteiger partial charge in [0, 0.05) is 38.7 Å². The molecule has 0 spiro atoms. The number of morpholine rings is 1. The molecular formula is C18H22N4O5. The van der Waals surface area contributed by atoms with Crippen LogP contribution in [-0.4, -0.2) is 39.8 Å². The molecule has 0 amide bonds. The van der Waals surface area contributed by atoms with Crippen LogP contribution in [-0.2, 0) is 18.2 Å². The van der Waals surface area contributed by atoms with Gasteiger partial charge in [-0.05, 0) is 19.4 Å². The number of benzene rings is 1. The van der Waals surface area contributed by atoms with Crippen molar-refractivity contribution in [3.05, 3.63) is 66.3 Å². The summed E-state index contributed by atoms with van der Waals surface area (Å²) in [6, 6.07) is 6.06. The molecule has 27 heavy (non-hydrogen) atoms. The second-order valence-corrected chi connectivity index (χ2v) is 6.88. The topological polar surface area (TPSA) is 110 Å². The molecule has 1 N–H and O–H groups in total. The summed E-state index contributed by atoms with van der Waals surface area (Å²) in [5, 5.41) is 10.8. The number of hydrogen-bond acceptors (Lipinski definition) is 6. The first-order chi connectivity index (χ1) is 12.8. The maximum atomic E-state index is 12.8. The minimum Gasteiger partial charge on any atom is -0.372 e. The van der Waals surface area contributed by atoms with Crippen LogP contribution in [0.5, 0.6) is 0 Å². The van der Waals surface area contributed by atoms with Crippen molar-refractivity contribution in [3.63, 3.8) is 0 Å². The standard InChI is InChI=1S/C18H22N4O5/c1-11-9-21(10-12(2)27-11)16-15(17(23)20(3)18(24)19-16)8-13-4-6-14(7-5-13)22(25)26/h4-7,11-12H,8-10H2,1-3H3,(H,19,24)/t11-,12-/m0/s1. The van der Waals surface area contributed by atoms with Crippen LogP contribution in [0.2, 0.25) is 0 Å². The van der Waals surface area contributed by atoms with Crippen LogP contribution in [0.25, 0.3) is 0 Å². The molecule has 1 aliphatic heterocycles. The van der Waals surface area contributed by atoms with Crippen LogP contribution in [0.1, 0.15) is 25.0 Å². The Morgan fingerprint density at radius 3 is 2.33 bits per heavy atom. The summed E-state index contributed by atoms with van der Waals surface area (Å²) in [6.07, 6.45) is 0.193. The van der Waals surface area contributed by atoms with Crippen LogP contribution in [0.15, 0.2) is 33.9 Å². The van der Waals surface area contributed by atoms with E-state index in [1.54, 1.807) is 12.1 Å². The molecule has 2 aromatic rings. The van der Waals surface area contributed by atoms with Gasteiger partial charge in [-0.1, -0.05) is 12.1 Å². The van der Waals surface area contributed by atoms with Crippen molar-refractivity contribution in [1.29, 1.82) is 0 Å². The fourth-order valence-electron chi connectivity index (χ4n) is 3.39. The largest absolute Gasteiger partial charge is 0.372 e. The molecule has 0 unspecified atom stereocenters. The van der Waals surface area contributed by atoms with Crippen LogP contribution in [0, 0.1) is 10.1 Å². The number of aromatic nitrogens is 2. The Morgan fingerprint density at radius 1 is 1.19 bits per heavy atom. The zero-order chi connectivity index (χ0) is 19.7. The molecule has 1 aromatic heterocycles. The van der Waals surface area contributed by atoms with Gasteiger partial charge in [0.1, 0.15) is 5.82 Å². The Morgan fingerprint density at radius 2 is 1.78 bits per heavy atom. The molecule has 144 valence electrons. The fraction of sp³-hybridized carbons (Fsp3) is 0.444. The molecule has 9 heteroatoms. The van der Waals surface area contributed by atoms with Crippen molar-refractivity contribution in [2.75, 3.05) is 18.0 Å². The van der Waals surface area contributed by atoms with Gasteiger partial charge in [0.2, 0.25) is 0 Å². The molecule has 1 saturated heterocycles. The number of nitro benzene ring substituents is 1. The van der Waals surface area contributed by atoms with E-state index in [0.717, 1.165) is 10.1 Å². The molecule has 1 aromatic carbocycles. The van der Waals surface area contributed by atoms with E-state index in [2.05, 4.69) is 4.98 Å². The Kier molecular flexibility index (Phi) is 5.13. The first-order valence-corrected chi connectivity index (χ1v) is 8.72. The molecule has 1 aliphatic rings. The number of anilines is 1.